The third kappa shape index (κ3) is 3.69. The molecule has 0 atom stereocenters. The van der Waals surface area contributed by atoms with Gasteiger partial charge in [-0.2, -0.15) is 4.98 Å². The second kappa shape index (κ2) is 8.05. The van der Waals surface area contributed by atoms with Crippen LogP contribution in [0.3, 0.4) is 0 Å². The number of amides is 2. The van der Waals surface area contributed by atoms with Crippen LogP contribution in [0.1, 0.15) is 33.4 Å². The number of nitrogens with one attached hydrogen (secondary N) is 1. The van der Waals surface area contributed by atoms with Crippen molar-refractivity contribution in [1.29, 1.82) is 0 Å². The Bertz CT molecular complexity index is 1370. The highest BCUT2D eigenvalue weighted by molar-refractivity contribution is 6.04. The number of likely N-dealkylation sites (tertiary alicyclic amines) is 1. The van der Waals surface area contributed by atoms with E-state index < -0.39 is 0 Å². The van der Waals surface area contributed by atoms with Gasteiger partial charge in [0, 0.05) is 30.5 Å². The molecule has 1 N–H and O–H groups in total. The molecule has 0 unspecified atom stereocenters. The fourth-order valence-corrected chi connectivity index (χ4v) is 3.94. The number of ether oxygens (including phenoxy) is 1. The average Bonchev–Trinajstić information content (AvgIpc) is 3.42. The number of hydrogen-bond acceptors (Lipinski definition) is 7. The maximum absolute atomic E-state index is 13.0. The summed E-state index contributed by atoms with van der Waals surface area (Å²) in [6.45, 7) is 4.83. The van der Waals surface area contributed by atoms with E-state index in [0.29, 0.717) is 41.8 Å². The van der Waals surface area contributed by atoms with Gasteiger partial charge in [-0.25, -0.2) is 9.78 Å². The summed E-state index contributed by atoms with van der Waals surface area (Å²) in [4.78, 5) is 34.9. The van der Waals surface area contributed by atoms with Crippen LogP contribution in [0.25, 0.3) is 17.0 Å². The number of aromatic nitrogens is 4. The molecule has 33 heavy (non-hydrogen) atoms. The van der Waals surface area contributed by atoms with Crippen LogP contribution >= 0.6 is 0 Å². The van der Waals surface area contributed by atoms with Crippen molar-refractivity contribution < 1.29 is 18.8 Å². The van der Waals surface area contributed by atoms with Crippen LogP contribution in [0.5, 0.6) is 0 Å². The molecule has 4 aromatic rings. The largest absolute Gasteiger partial charge is 0.453 e. The van der Waals surface area contributed by atoms with Crippen molar-refractivity contribution in [3.8, 4) is 11.4 Å². The highest BCUT2D eigenvalue weighted by Gasteiger charge is 2.36. The standard InChI is InChI=1S/C23H22N6O4/c1-13-8-14(2)17(25-21(30)18-10-24-19-6-4-5-7-29(18)19)9-16(13)20-26-22(33-27-20)15-11-28(12-15)23(31)32-3/h4-10,15H,11-12H2,1-3H3,(H,25,30). The van der Waals surface area contributed by atoms with Crippen LogP contribution in [-0.2, 0) is 4.74 Å². The highest BCUT2D eigenvalue weighted by atomic mass is 16.5. The average molecular weight is 446 g/mol. The van der Waals surface area contributed by atoms with E-state index in [9.17, 15) is 9.59 Å². The van der Waals surface area contributed by atoms with Crippen LogP contribution in [0.4, 0.5) is 10.5 Å². The number of methoxy groups -OCH3 is 1. The fourth-order valence-electron chi connectivity index (χ4n) is 3.94. The van der Waals surface area contributed by atoms with Crippen molar-refractivity contribution in [2.75, 3.05) is 25.5 Å². The van der Waals surface area contributed by atoms with E-state index in [2.05, 4.69) is 20.4 Å². The summed E-state index contributed by atoms with van der Waals surface area (Å²) in [5, 5.41) is 7.11. The molecular formula is C23H22N6O4. The first-order valence-corrected chi connectivity index (χ1v) is 10.5. The molecule has 1 fully saturated rings. The number of carbonyl (C=O) groups is 2. The second-order valence-corrected chi connectivity index (χ2v) is 8.04. The molecule has 5 rings (SSSR count). The van der Waals surface area contributed by atoms with Crippen molar-refractivity contribution >= 4 is 23.3 Å². The van der Waals surface area contributed by atoms with E-state index >= 15 is 0 Å². The first kappa shape index (κ1) is 20.7. The van der Waals surface area contributed by atoms with Gasteiger partial charge in [0.2, 0.25) is 11.7 Å². The summed E-state index contributed by atoms with van der Waals surface area (Å²) in [5.74, 6) is 0.619. The van der Waals surface area contributed by atoms with Gasteiger partial charge in [0.25, 0.3) is 5.91 Å². The lowest BCUT2D eigenvalue weighted by molar-refractivity contribution is 0.0804. The first-order chi connectivity index (χ1) is 15.9. The van der Waals surface area contributed by atoms with Gasteiger partial charge >= 0.3 is 6.09 Å². The molecule has 0 radical (unpaired) electrons. The number of carbonyl (C=O) groups excluding carboxylic acids is 2. The normalized spacial score (nSPS) is 13.7. The molecule has 3 aromatic heterocycles. The highest BCUT2D eigenvalue weighted by Crippen LogP contribution is 2.31. The van der Waals surface area contributed by atoms with Gasteiger partial charge in [-0.1, -0.05) is 17.3 Å². The monoisotopic (exact) mass is 446 g/mol. The summed E-state index contributed by atoms with van der Waals surface area (Å²) >= 11 is 0. The summed E-state index contributed by atoms with van der Waals surface area (Å²) in [6, 6.07) is 9.38. The zero-order valence-electron chi connectivity index (χ0n) is 18.4. The Morgan fingerprint density at radius 2 is 2.00 bits per heavy atom. The fraction of sp³-hybridized carbons (Fsp3) is 0.261. The van der Waals surface area contributed by atoms with E-state index in [0.717, 1.165) is 16.7 Å². The van der Waals surface area contributed by atoms with E-state index in [1.165, 1.54) is 7.11 Å². The van der Waals surface area contributed by atoms with Crippen molar-refractivity contribution in [1.82, 2.24) is 24.4 Å². The second-order valence-electron chi connectivity index (χ2n) is 8.04. The number of aryl methyl sites for hydroxylation is 2. The number of benzene rings is 1. The van der Waals surface area contributed by atoms with Gasteiger partial charge < -0.3 is 19.5 Å². The molecule has 1 aromatic carbocycles. The number of imidazole rings is 1. The number of hydrogen-bond donors (Lipinski definition) is 1. The number of pyridine rings is 1. The Morgan fingerprint density at radius 3 is 2.79 bits per heavy atom. The third-order valence-electron chi connectivity index (χ3n) is 5.82. The van der Waals surface area contributed by atoms with Crippen LogP contribution in [0, 0.1) is 13.8 Å². The van der Waals surface area contributed by atoms with Gasteiger partial charge in [-0.3, -0.25) is 9.20 Å². The molecular weight excluding hydrogens is 424 g/mol. The third-order valence-corrected chi connectivity index (χ3v) is 5.82. The number of fused-ring (bicyclic) bond motifs is 1. The molecule has 1 saturated heterocycles. The predicted molar refractivity (Wildman–Crippen MR) is 119 cm³/mol. The molecule has 0 saturated carbocycles. The van der Waals surface area contributed by atoms with Crippen LogP contribution in [0.15, 0.2) is 47.2 Å². The smallest absolute Gasteiger partial charge is 0.409 e. The minimum atomic E-state index is -0.369. The van der Waals surface area contributed by atoms with Gasteiger partial charge in [0.15, 0.2) is 0 Å². The molecule has 1 aliphatic heterocycles. The first-order valence-electron chi connectivity index (χ1n) is 10.5. The van der Waals surface area contributed by atoms with E-state index in [-0.39, 0.29) is 17.9 Å². The summed E-state index contributed by atoms with van der Waals surface area (Å²) in [6.07, 6.45) is 2.98. The van der Waals surface area contributed by atoms with Crippen molar-refractivity contribution in [2.24, 2.45) is 0 Å². The lowest BCUT2D eigenvalue weighted by atomic mass is 10.0. The molecule has 1 aliphatic rings. The Morgan fingerprint density at radius 1 is 1.18 bits per heavy atom. The molecule has 168 valence electrons. The summed E-state index contributed by atoms with van der Waals surface area (Å²) in [7, 11) is 1.35. The molecule has 10 nitrogen and oxygen atoms in total. The van der Waals surface area contributed by atoms with E-state index in [1.54, 1.807) is 21.7 Å². The minimum absolute atomic E-state index is 0.0228. The summed E-state index contributed by atoms with van der Waals surface area (Å²) < 4.78 is 11.9. The molecule has 0 spiro atoms. The number of nitrogens with zero attached hydrogens (tertiary/aromatic N) is 5. The van der Waals surface area contributed by atoms with Crippen LogP contribution in [-0.4, -0.2) is 56.6 Å². The van der Waals surface area contributed by atoms with Crippen LogP contribution in [0.2, 0.25) is 0 Å². The zero-order chi connectivity index (χ0) is 23.1. The Kier molecular flexibility index (Phi) is 5.04. The summed E-state index contributed by atoms with van der Waals surface area (Å²) in [5.41, 5.74) is 4.41. The number of anilines is 1. The topological polar surface area (TPSA) is 115 Å². The Balaban J connectivity index is 1.38. The van der Waals surface area contributed by atoms with Crippen molar-refractivity contribution in [3.05, 3.63) is 65.4 Å². The van der Waals surface area contributed by atoms with Crippen molar-refractivity contribution in [2.45, 2.75) is 19.8 Å². The quantitative estimate of drug-likeness (QED) is 0.511. The predicted octanol–water partition coefficient (Wildman–Crippen LogP) is 3.42. The zero-order valence-corrected chi connectivity index (χ0v) is 18.4. The lowest BCUT2D eigenvalue weighted by Gasteiger charge is -2.35. The van der Waals surface area contributed by atoms with E-state index in [1.807, 2.05) is 44.2 Å². The molecule has 4 heterocycles. The van der Waals surface area contributed by atoms with Gasteiger partial charge in [0.05, 0.1) is 19.2 Å². The molecule has 0 bridgehead atoms. The van der Waals surface area contributed by atoms with Crippen molar-refractivity contribution in [3.63, 3.8) is 0 Å². The van der Waals surface area contributed by atoms with E-state index in [4.69, 9.17) is 9.26 Å². The van der Waals surface area contributed by atoms with Gasteiger partial charge in [0.1, 0.15) is 11.3 Å². The molecule has 10 heteroatoms. The minimum Gasteiger partial charge on any atom is -0.453 e. The Hall–Kier alpha value is -4.21. The SMILES string of the molecule is COC(=O)N1CC(c2nc(-c3cc(NC(=O)c4cnc5ccccn45)c(C)cc3C)no2)C1. The molecule has 0 aliphatic carbocycles. The van der Waals surface area contributed by atoms with Gasteiger partial charge in [-0.15, -0.1) is 0 Å². The van der Waals surface area contributed by atoms with Crippen LogP contribution < -0.4 is 5.32 Å². The number of rotatable bonds is 4. The Labute approximate surface area is 189 Å². The maximum Gasteiger partial charge on any atom is 0.409 e. The van der Waals surface area contributed by atoms with Gasteiger partial charge in [-0.05, 0) is 43.2 Å². The maximum atomic E-state index is 13.0. The molecule has 2 amide bonds. The lowest BCUT2D eigenvalue weighted by Crippen LogP contribution is -2.48.